The lowest BCUT2D eigenvalue weighted by Crippen LogP contribution is -2.51. The van der Waals surface area contributed by atoms with E-state index in [4.69, 9.17) is 0 Å². The van der Waals surface area contributed by atoms with E-state index in [1.807, 2.05) is 6.92 Å². The van der Waals surface area contributed by atoms with Gasteiger partial charge in [0.25, 0.3) is 11.8 Å². The third-order valence-corrected chi connectivity index (χ3v) is 4.88. The van der Waals surface area contributed by atoms with E-state index in [0.717, 1.165) is 0 Å². The van der Waals surface area contributed by atoms with Gasteiger partial charge >= 0.3 is 0 Å². The molecule has 0 aliphatic rings. The summed E-state index contributed by atoms with van der Waals surface area (Å²) in [6.45, 7) is 5.63. The zero-order chi connectivity index (χ0) is 23.7. The van der Waals surface area contributed by atoms with Gasteiger partial charge < -0.3 is 30.9 Å². The molecule has 0 radical (unpaired) electrons. The lowest BCUT2D eigenvalue weighted by Gasteiger charge is -2.26. The Kier molecular flexibility index (Phi) is 9.18. The van der Waals surface area contributed by atoms with Crippen molar-refractivity contribution in [2.24, 2.45) is 0 Å². The highest BCUT2D eigenvalue weighted by Gasteiger charge is 2.33. The minimum atomic E-state index is -1.95. The normalized spacial score (nSPS) is 13.9. The maximum absolute atomic E-state index is 12.6. The largest absolute Gasteiger partial charge is 0.506 e. The van der Waals surface area contributed by atoms with Gasteiger partial charge in [0.1, 0.15) is 5.75 Å². The lowest BCUT2D eigenvalue weighted by molar-refractivity contribution is -0.153. The molecule has 3 atom stereocenters. The summed E-state index contributed by atoms with van der Waals surface area (Å²) < 4.78 is 0. The number of likely N-dealkylation sites (N-methyl/N-ethyl adjacent to an activating group) is 1. The molecule has 2 rings (SSSR count). The molecule has 1 aromatic carbocycles. The number of aliphatic hydroxyl groups excluding tert-OH is 2. The van der Waals surface area contributed by atoms with Crippen molar-refractivity contribution in [3.63, 3.8) is 0 Å². The van der Waals surface area contributed by atoms with Gasteiger partial charge in [-0.1, -0.05) is 18.2 Å². The molecule has 0 bridgehead atoms. The number of benzene rings is 1. The number of phenols is 1. The van der Waals surface area contributed by atoms with E-state index in [9.17, 15) is 24.9 Å². The molecule has 1 aromatic heterocycles. The number of phenolic OH excluding ortho intramolecular Hbond substituents is 1. The van der Waals surface area contributed by atoms with Gasteiger partial charge in [0.2, 0.25) is 0 Å². The number of amides is 2. The van der Waals surface area contributed by atoms with Crippen LogP contribution in [-0.4, -0.2) is 55.8 Å². The van der Waals surface area contributed by atoms with Crippen LogP contribution in [0.5, 0.6) is 5.75 Å². The molecule has 0 aliphatic carbocycles. The summed E-state index contributed by atoms with van der Waals surface area (Å²) in [6, 6.07) is 9.52. The summed E-state index contributed by atoms with van der Waals surface area (Å²) in [6.07, 6.45) is 1.16. The number of hydrogen-bond acceptors (Lipinski definition) is 7. The number of hydrogen-bond donors (Lipinski definition) is 5. The van der Waals surface area contributed by atoms with E-state index in [1.165, 1.54) is 11.0 Å². The highest BCUT2D eigenvalue weighted by Crippen LogP contribution is 2.27. The molecule has 0 fully saturated rings. The Bertz CT molecular complexity index is 935. The van der Waals surface area contributed by atoms with Crippen LogP contribution in [-0.2, 0) is 16.1 Å². The molecule has 32 heavy (non-hydrogen) atoms. The van der Waals surface area contributed by atoms with Crippen molar-refractivity contribution < 1.29 is 24.9 Å². The van der Waals surface area contributed by atoms with Crippen LogP contribution in [0.1, 0.15) is 38.1 Å². The average molecular weight is 443 g/mol. The van der Waals surface area contributed by atoms with E-state index < -0.39 is 30.1 Å². The van der Waals surface area contributed by atoms with Gasteiger partial charge in [-0.2, -0.15) is 0 Å². The number of rotatable bonds is 10. The molecule has 0 saturated heterocycles. The van der Waals surface area contributed by atoms with Gasteiger partial charge in [-0.25, -0.2) is 0 Å². The second-order valence-electron chi connectivity index (χ2n) is 7.21. The summed E-state index contributed by atoms with van der Waals surface area (Å²) in [5.74, 6) is -1.68. The third kappa shape index (κ3) is 6.53. The molecule has 5 N–H and O–H groups in total. The Balaban J connectivity index is 2.00. The second-order valence-corrected chi connectivity index (χ2v) is 7.21. The lowest BCUT2D eigenvalue weighted by atomic mass is 10.1. The standard InChI is InChI=1S/C23H30N4O5/c1-4-11-25-18-10-9-16(13-19(18)28)15(3)26-22(31)20(29)21(30)23(32)27(5-2)14-17-8-6-7-12-24-17/h4,6-13,15,20-21,25,28-30H,5,14H2,1-3H3,(H,26,31)/b11-4-/t15-,20?,21-/m1/s1. The first kappa shape index (κ1) is 24.8. The van der Waals surface area contributed by atoms with Crippen molar-refractivity contribution in [2.45, 2.75) is 45.6 Å². The number of anilines is 1. The second kappa shape index (κ2) is 11.8. The Labute approximate surface area is 187 Å². The highest BCUT2D eigenvalue weighted by atomic mass is 16.3. The average Bonchev–Trinajstić information content (AvgIpc) is 2.80. The van der Waals surface area contributed by atoms with E-state index >= 15 is 0 Å². The number of allylic oxidation sites excluding steroid dienone is 1. The van der Waals surface area contributed by atoms with Crippen molar-refractivity contribution in [1.29, 1.82) is 0 Å². The number of nitrogens with zero attached hydrogens (tertiary/aromatic N) is 2. The number of aliphatic hydroxyl groups is 2. The predicted molar refractivity (Wildman–Crippen MR) is 120 cm³/mol. The van der Waals surface area contributed by atoms with Crippen LogP contribution in [0, 0.1) is 0 Å². The maximum atomic E-state index is 12.6. The summed E-state index contributed by atoms with van der Waals surface area (Å²) in [5, 5.41) is 36.2. The molecule has 172 valence electrons. The van der Waals surface area contributed by atoms with Crippen LogP contribution in [0.3, 0.4) is 0 Å². The molecule has 2 amide bonds. The molecule has 2 aromatic rings. The fourth-order valence-corrected chi connectivity index (χ4v) is 2.99. The Morgan fingerprint density at radius 3 is 2.53 bits per heavy atom. The summed E-state index contributed by atoms with van der Waals surface area (Å²) in [7, 11) is 0. The van der Waals surface area contributed by atoms with E-state index in [0.29, 0.717) is 16.9 Å². The summed E-state index contributed by atoms with van der Waals surface area (Å²) >= 11 is 0. The van der Waals surface area contributed by atoms with Crippen molar-refractivity contribution in [3.8, 4) is 5.75 Å². The van der Waals surface area contributed by atoms with Crippen LogP contribution in [0.4, 0.5) is 5.69 Å². The minimum Gasteiger partial charge on any atom is -0.506 e. The molecule has 1 unspecified atom stereocenters. The van der Waals surface area contributed by atoms with Crippen LogP contribution in [0.15, 0.2) is 54.9 Å². The zero-order valence-electron chi connectivity index (χ0n) is 18.4. The van der Waals surface area contributed by atoms with E-state index in [1.54, 1.807) is 62.7 Å². The Morgan fingerprint density at radius 1 is 1.19 bits per heavy atom. The quantitative estimate of drug-likeness (QED) is 0.353. The molecule has 0 aliphatic heterocycles. The molecule has 0 spiro atoms. The minimum absolute atomic E-state index is 0.00873. The van der Waals surface area contributed by atoms with Crippen LogP contribution in [0.25, 0.3) is 0 Å². The molecular formula is C23H30N4O5. The highest BCUT2D eigenvalue weighted by molar-refractivity contribution is 5.90. The maximum Gasteiger partial charge on any atom is 0.255 e. The number of pyridine rings is 1. The van der Waals surface area contributed by atoms with Gasteiger partial charge in [-0.3, -0.25) is 14.6 Å². The van der Waals surface area contributed by atoms with Crippen molar-refractivity contribution >= 4 is 17.5 Å². The number of nitrogens with one attached hydrogen (secondary N) is 2. The van der Waals surface area contributed by atoms with Crippen molar-refractivity contribution in [3.05, 3.63) is 66.1 Å². The number of carbonyl (C=O) groups is 2. The Hall–Kier alpha value is -3.43. The van der Waals surface area contributed by atoms with Crippen LogP contribution >= 0.6 is 0 Å². The topological polar surface area (TPSA) is 135 Å². The van der Waals surface area contributed by atoms with Gasteiger partial charge in [0, 0.05) is 12.7 Å². The number of aromatic nitrogens is 1. The van der Waals surface area contributed by atoms with Crippen LogP contribution in [0.2, 0.25) is 0 Å². The fraction of sp³-hybridized carbons (Fsp3) is 0.348. The first-order valence-corrected chi connectivity index (χ1v) is 10.3. The van der Waals surface area contributed by atoms with Crippen molar-refractivity contribution in [2.75, 3.05) is 11.9 Å². The van der Waals surface area contributed by atoms with Gasteiger partial charge in [0.15, 0.2) is 12.2 Å². The SMILES string of the molecule is C/C=C\Nc1ccc([C@@H](C)NC(=O)C(O)[C@@H](O)C(=O)N(CC)Cc2ccccn2)cc1O. The molecule has 9 nitrogen and oxygen atoms in total. The summed E-state index contributed by atoms with van der Waals surface area (Å²) in [4.78, 5) is 30.5. The van der Waals surface area contributed by atoms with Crippen LogP contribution < -0.4 is 10.6 Å². The first-order chi connectivity index (χ1) is 15.3. The van der Waals surface area contributed by atoms with Gasteiger partial charge in [-0.05, 0) is 56.8 Å². The monoisotopic (exact) mass is 442 g/mol. The molecule has 1 heterocycles. The molecular weight excluding hydrogens is 412 g/mol. The summed E-state index contributed by atoms with van der Waals surface area (Å²) in [5.41, 5.74) is 1.70. The fourth-order valence-electron chi connectivity index (χ4n) is 2.99. The van der Waals surface area contributed by atoms with Gasteiger partial charge in [-0.15, -0.1) is 0 Å². The number of aromatic hydroxyl groups is 1. The first-order valence-electron chi connectivity index (χ1n) is 10.3. The zero-order valence-corrected chi connectivity index (χ0v) is 18.4. The van der Waals surface area contributed by atoms with E-state index in [2.05, 4.69) is 15.6 Å². The Morgan fingerprint density at radius 2 is 1.94 bits per heavy atom. The third-order valence-electron chi connectivity index (χ3n) is 4.88. The molecule has 9 heteroatoms. The van der Waals surface area contributed by atoms with Crippen molar-refractivity contribution in [1.82, 2.24) is 15.2 Å². The van der Waals surface area contributed by atoms with Gasteiger partial charge in [0.05, 0.1) is 24.0 Å². The smallest absolute Gasteiger partial charge is 0.255 e. The number of carbonyl (C=O) groups excluding carboxylic acids is 2. The molecule has 0 saturated carbocycles. The predicted octanol–water partition coefficient (Wildman–Crippen LogP) is 1.68. The van der Waals surface area contributed by atoms with E-state index in [-0.39, 0.29) is 18.8 Å².